The fourth-order valence-corrected chi connectivity index (χ4v) is 1.67. The number of hydrogen-bond donors (Lipinski definition) is 1. The minimum absolute atomic E-state index is 0. The van der Waals surface area contributed by atoms with Crippen molar-refractivity contribution in [3.8, 4) is 12.3 Å². The van der Waals surface area contributed by atoms with Crippen LogP contribution in [0.15, 0.2) is 0 Å². The zero-order valence-corrected chi connectivity index (χ0v) is 7.57. The second-order valence-corrected chi connectivity index (χ2v) is 3.16. The molecule has 64 valence electrons. The molecular weight excluding hydrogens is 158 g/mol. The van der Waals surface area contributed by atoms with E-state index < -0.39 is 0 Å². The molecule has 0 aliphatic heterocycles. The molecule has 1 aliphatic rings. The molecular formula is C9H16ClN. The Balaban J connectivity index is 0.000001000. The van der Waals surface area contributed by atoms with Gasteiger partial charge in [-0.15, -0.1) is 18.8 Å². The lowest BCUT2D eigenvalue weighted by molar-refractivity contribution is 0.482. The van der Waals surface area contributed by atoms with E-state index >= 15 is 0 Å². The summed E-state index contributed by atoms with van der Waals surface area (Å²) in [6, 6.07) is 0.00287. The molecule has 0 aromatic heterocycles. The van der Waals surface area contributed by atoms with Crippen molar-refractivity contribution in [3.05, 3.63) is 0 Å². The van der Waals surface area contributed by atoms with Crippen LogP contribution in [0.3, 0.4) is 0 Å². The monoisotopic (exact) mass is 173 g/mol. The summed E-state index contributed by atoms with van der Waals surface area (Å²) in [6.07, 6.45) is 11.7. The number of halogens is 1. The first-order valence-corrected chi connectivity index (χ1v) is 4.04. The van der Waals surface area contributed by atoms with Crippen LogP contribution in [0.1, 0.15) is 32.1 Å². The third kappa shape index (κ3) is 3.65. The fraction of sp³-hybridized carbons (Fsp3) is 0.778. The molecule has 0 heterocycles. The summed E-state index contributed by atoms with van der Waals surface area (Å²) in [5, 5.41) is 0. The molecule has 0 aromatic carbocycles. The van der Waals surface area contributed by atoms with Crippen LogP contribution in [-0.2, 0) is 0 Å². The summed E-state index contributed by atoms with van der Waals surface area (Å²) < 4.78 is 0. The maximum atomic E-state index is 5.62. The molecule has 1 atom stereocenters. The summed E-state index contributed by atoms with van der Waals surface area (Å²) in [5.41, 5.74) is 5.62. The van der Waals surface area contributed by atoms with Gasteiger partial charge in [0.1, 0.15) is 0 Å². The lowest BCUT2D eigenvalue weighted by Crippen LogP contribution is -2.20. The number of terminal acetylenes is 1. The van der Waals surface area contributed by atoms with Gasteiger partial charge in [0.2, 0.25) is 0 Å². The standard InChI is InChI=1S/C9H15N.ClH/c1-2-9(10)7-8-5-3-4-6-8;/h1,8-9H,3-7,10H2;1H. The van der Waals surface area contributed by atoms with Crippen molar-refractivity contribution in [2.45, 2.75) is 38.1 Å². The van der Waals surface area contributed by atoms with Crippen LogP contribution in [0.4, 0.5) is 0 Å². The maximum absolute atomic E-state index is 5.62. The van der Waals surface area contributed by atoms with Crippen molar-refractivity contribution in [2.24, 2.45) is 11.7 Å². The first-order valence-electron chi connectivity index (χ1n) is 4.04. The number of nitrogens with two attached hydrogens (primary N) is 1. The van der Waals surface area contributed by atoms with Crippen molar-refractivity contribution < 1.29 is 0 Å². The van der Waals surface area contributed by atoms with Crippen LogP contribution in [0.2, 0.25) is 0 Å². The molecule has 11 heavy (non-hydrogen) atoms. The van der Waals surface area contributed by atoms with Crippen molar-refractivity contribution >= 4 is 12.4 Å². The molecule has 0 spiro atoms. The van der Waals surface area contributed by atoms with Gasteiger partial charge in [-0.2, -0.15) is 0 Å². The van der Waals surface area contributed by atoms with E-state index in [4.69, 9.17) is 12.2 Å². The Bertz CT molecular complexity index is 133. The van der Waals surface area contributed by atoms with Crippen LogP contribution in [-0.4, -0.2) is 6.04 Å². The predicted octanol–water partition coefficient (Wildman–Crippen LogP) is 1.95. The summed E-state index contributed by atoms with van der Waals surface area (Å²) in [6.45, 7) is 0. The Morgan fingerprint density at radius 2 is 2.00 bits per heavy atom. The second-order valence-electron chi connectivity index (χ2n) is 3.16. The molecule has 1 aliphatic carbocycles. The number of rotatable bonds is 2. The van der Waals surface area contributed by atoms with E-state index in [0.717, 1.165) is 12.3 Å². The highest BCUT2D eigenvalue weighted by Gasteiger charge is 2.16. The first-order chi connectivity index (χ1) is 4.83. The maximum Gasteiger partial charge on any atom is 0.0664 e. The van der Waals surface area contributed by atoms with Gasteiger partial charge in [0.05, 0.1) is 6.04 Å². The van der Waals surface area contributed by atoms with Crippen LogP contribution in [0.25, 0.3) is 0 Å². The molecule has 1 saturated carbocycles. The van der Waals surface area contributed by atoms with Crippen LogP contribution in [0.5, 0.6) is 0 Å². The molecule has 0 aromatic rings. The van der Waals surface area contributed by atoms with Gasteiger partial charge >= 0.3 is 0 Å². The predicted molar refractivity (Wildman–Crippen MR) is 50.6 cm³/mol. The highest BCUT2D eigenvalue weighted by molar-refractivity contribution is 5.85. The molecule has 0 saturated heterocycles. The summed E-state index contributed by atoms with van der Waals surface area (Å²) in [5.74, 6) is 3.39. The average Bonchev–Trinajstić information content (AvgIpc) is 2.40. The molecule has 1 nitrogen and oxygen atoms in total. The Morgan fingerprint density at radius 3 is 2.45 bits per heavy atom. The van der Waals surface area contributed by atoms with Gasteiger partial charge in [0, 0.05) is 0 Å². The Hall–Kier alpha value is -0.190. The summed E-state index contributed by atoms with van der Waals surface area (Å²) in [7, 11) is 0. The summed E-state index contributed by atoms with van der Waals surface area (Å²) >= 11 is 0. The minimum atomic E-state index is 0. The Labute approximate surface area is 75.1 Å². The molecule has 0 radical (unpaired) electrons. The van der Waals surface area contributed by atoms with Gasteiger partial charge in [0.25, 0.3) is 0 Å². The zero-order chi connectivity index (χ0) is 7.40. The lowest BCUT2D eigenvalue weighted by Gasteiger charge is -2.09. The van der Waals surface area contributed by atoms with E-state index in [-0.39, 0.29) is 18.4 Å². The van der Waals surface area contributed by atoms with E-state index in [9.17, 15) is 0 Å². The zero-order valence-electron chi connectivity index (χ0n) is 6.75. The van der Waals surface area contributed by atoms with E-state index in [1.807, 2.05) is 0 Å². The molecule has 1 unspecified atom stereocenters. The Morgan fingerprint density at radius 1 is 1.45 bits per heavy atom. The van der Waals surface area contributed by atoms with Gasteiger partial charge < -0.3 is 5.73 Å². The van der Waals surface area contributed by atoms with Crippen molar-refractivity contribution in [2.75, 3.05) is 0 Å². The lowest BCUT2D eigenvalue weighted by atomic mass is 9.99. The van der Waals surface area contributed by atoms with Gasteiger partial charge in [0.15, 0.2) is 0 Å². The summed E-state index contributed by atoms with van der Waals surface area (Å²) in [4.78, 5) is 0. The molecule has 1 fully saturated rings. The fourth-order valence-electron chi connectivity index (χ4n) is 1.67. The van der Waals surface area contributed by atoms with Gasteiger partial charge in [-0.1, -0.05) is 31.6 Å². The van der Waals surface area contributed by atoms with Gasteiger partial charge in [-0.05, 0) is 12.3 Å². The topological polar surface area (TPSA) is 26.0 Å². The number of hydrogen-bond acceptors (Lipinski definition) is 1. The quantitative estimate of drug-likeness (QED) is 0.635. The largest absolute Gasteiger partial charge is 0.318 e. The Kier molecular flexibility index (Phi) is 5.36. The highest BCUT2D eigenvalue weighted by Crippen LogP contribution is 2.27. The molecule has 1 rings (SSSR count). The van der Waals surface area contributed by atoms with E-state index in [2.05, 4.69) is 5.92 Å². The SMILES string of the molecule is C#CC(N)CC1CCCC1.Cl. The van der Waals surface area contributed by atoms with Crippen molar-refractivity contribution in [1.82, 2.24) is 0 Å². The van der Waals surface area contributed by atoms with Gasteiger partial charge in [-0.25, -0.2) is 0 Å². The van der Waals surface area contributed by atoms with E-state index in [0.29, 0.717) is 0 Å². The molecule has 0 bridgehead atoms. The third-order valence-corrected chi connectivity index (χ3v) is 2.28. The smallest absolute Gasteiger partial charge is 0.0664 e. The highest BCUT2D eigenvalue weighted by atomic mass is 35.5. The van der Waals surface area contributed by atoms with Crippen molar-refractivity contribution in [3.63, 3.8) is 0 Å². The third-order valence-electron chi connectivity index (χ3n) is 2.28. The molecule has 2 N–H and O–H groups in total. The van der Waals surface area contributed by atoms with Crippen molar-refractivity contribution in [1.29, 1.82) is 0 Å². The minimum Gasteiger partial charge on any atom is -0.318 e. The average molecular weight is 174 g/mol. The van der Waals surface area contributed by atoms with Gasteiger partial charge in [-0.3, -0.25) is 0 Å². The van der Waals surface area contributed by atoms with E-state index in [1.54, 1.807) is 0 Å². The molecule has 2 heteroatoms. The van der Waals surface area contributed by atoms with Crippen LogP contribution >= 0.6 is 12.4 Å². The normalized spacial score (nSPS) is 20.4. The molecule has 0 amide bonds. The van der Waals surface area contributed by atoms with Crippen LogP contribution < -0.4 is 5.73 Å². The van der Waals surface area contributed by atoms with Crippen LogP contribution in [0, 0.1) is 18.3 Å². The van der Waals surface area contributed by atoms with E-state index in [1.165, 1.54) is 25.7 Å². The first kappa shape index (κ1) is 10.8. The second kappa shape index (κ2) is 5.46.